The van der Waals surface area contributed by atoms with E-state index in [9.17, 15) is 9.90 Å². The van der Waals surface area contributed by atoms with E-state index >= 15 is 0 Å². The molecule has 1 N–H and O–H groups in total. The molecule has 0 aromatic rings. The summed E-state index contributed by atoms with van der Waals surface area (Å²) in [7, 11) is 0. The Labute approximate surface area is 98.8 Å². The minimum atomic E-state index is -0.640. The molecule has 0 aromatic carbocycles. The summed E-state index contributed by atoms with van der Waals surface area (Å²) in [5.74, 6) is -0.640. The summed E-state index contributed by atoms with van der Waals surface area (Å²) in [6.45, 7) is 6.82. The van der Waals surface area contributed by atoms with Crippen molar-refractivity contribution in [2.45, 2.75) is 52.4 Å². The van der Waals surface area contributed by atoms with Crippen LogP contribution in [0.25, 0.3) is 0 Å². The molecular formula is C13H25NO2. The number of rotatable bonds is 5. The van der Waals surface area contributed by atoms with Crippen LogP contribution in [0.4, 0.5) is 0 Å². The van der Waals surface area contributed by atoms with Gasteiger partial charge in [0.25, 0.3) is 0 Å². The fraction of sp³-hybridized carbons (Fsp3) is 0.923. The average molecular weight is 227 g/mol. The monoisotopic (exact) mass is 227 g/mol. The van der Waals surface area contributed by atoms with Crippen molar-refractivity contribution in [3.8, 4) is 0 Å². The standard InChI is InChI=1S/C13H25NO2/c1-3-8-13(2,12(15)16)11-14-9-6-4-5-7-10-14/h3-11H2,1-2H3,(H,15,16). The van der Waals surface area contributed by atoms with Gasteiger partial charge in [-0.25, -0.2) is 0 Å². The van der Waals surface area contributed by atoms with Crippen LogP contribution in [0.15, 0.2) is 0 Å². The maximum Gasteiger partial charge on any atom is 0.310 e. The molecule has 0 radical (unpaired) electrons. The van der Waals surface area contributed by atoms with Gasteiger partial charge in [0, 0.05) is 6.54 Å². The number of carboxylic acids is 1. The molecule has 3 heteroatoms. The first-order valence-electron chi connectivity index (χ1n) is 6.54. The molecule has 1 atom stereocenters. The highest BCUT2D eigenvalue weighted by Gasteiger charge is 2.34. The third-order valence-electron chi connectivity index (χ3n) is 3.59. The van der Waals surface area contributed by atoms with Crippen LogP contribution in [0.1, 0.15) is 52.4 Å². The van der Waals surface area contributed by atoms with Crippen molar-refractivity contribution in [1.29, 1.82) is 0 Å². The molecular weight excluding hydrogens is 202 g/mol. The Hall–Kier alpha value is -0.570. The minimum Gasteiger partial charge on any atom is -0.481 e. The van der Waals surface area contributed by atoms with Crippen LogP contribution in [0, 0.1) is 5.41 Å². The molecule has 1 fully saturated rings. The summed E-state index contributed by atoms with van der Waals surface area (Å²) in [5.41, 5.74) is -0.556. The normalized spacial score (nSPS) is 22.4. The topological polar surface area (TPSA) is 40.5 Å². The first-order chi connectivity index (χ1) is 7.58. The van der Waals surface area contributed by atoms with Crippen molar-refractivity contribution in [3.05, 3.63) is 0 Å². The van der Waals surface area contributed by atoms with Crippen molar-refractivity contribution in [3.63, 3.8) is 0 Å². The molecule has 0 saturated carbocycles. The zero-order chi connectivity index (χ0) is 12.0. The molecule has 0 bridgehead atoms. The number of likely N-dealkylation sites (tertiary alicyclic amines) is 1. The minimum absolute atomic E-state index is 0.556. The van der Waals surface area contributed by atoms with Crippen LogP contribution in [0.3, 0.4) is 0 Å². The fourth-order valence-electron chi connectivity index (χ4n) is 2.59. The third-order valence-corrected chi connectivity index (χ3v) is 3.59. The zero-order valence-electron chi connectivity index (χ0n) is 10.7. The van der Waals surface area contributed by atoms with Gasteiger partial charge in [0.15, 0.2) is 0 Å². The number of aliphatic carboxylic acids is 1. The second-order valence-corrected chi connectivity index (χ2v) is 5.31. The van der Waals surface area contributed by atoms with Gasteiger partial charge < -0.3 is 10.0 Å². The van der Waals surface area contributed by atoms with Crippen LogP contribution >= 0.6 is 0 Å². The SMILES string of the molecule is CCCC(C)(CN1CCCCCC1)C(=O)O. The van der Waals surface area contributed by atoms with Crippen LogP contribution < -0.4 is 0 Å². The summed E-state index contributed by atoms with van der Waals surface area (Å²) in [6.07, 6.45) is 6.77. The maximum atomic E-state index is 11.3. The van der Waals surface area contributed by atoms with Crippen molar-refractivity contribution < 1.29 is 9.90 Å². The molecule has 94 valence electrons. The smallest absolute Gasteiger partial charge is 0.310 e. The van der Waals surface area contributed by atoms with Gasteiger partial charge in [0.1, 0.15) is 0 Å². The van der Waals surface area contributed by atoms with E-state index in [2.05, 4.69) is 11.8 Å². The molecule has 1 unspecified atom stereocenters. The number of hydrogen-bond acceptors (Lipinski definition) is 2. The molecule has 0 aliphatic carbocycles. The van der Waals surface area contributed by atoms with Crippen molar-refractivity contribution in [2.24, 2.45) is 5.41 Å². The predicted molar refractivity (Wildman–Crippen MR) is 65.6 cm³/mol. The fourth-order valence-corrected chi connectivity index (χ4v) is 2.59. The van der Waals surface area contributed by atoms with Crippen LogP contribution in [0.5, 0.6) is 0 Å². The van der Waals surface area contributed by atoms with Crippen molar-refractivity contribution in [1.82, 2.24) is 4.90 Å². The summed E-state index contributed by atoms with van der Waals surface area (Å²) >= 11 is 0. The van der Waals surface area contributed by atoms with E-state index in [4.69, 9.17) is 0 Å². The Morgan fingerprint density at radius 3 is 2.25 bits per heavy atom. The van der Waals surface area contributed by atoms with Gasteiger partial charge in [-0.2, -0.15) is 0 Å². The summed E-state index contributed by atoms with van der Waals surface area (Å²) < 4.78 is 0. The summed E-state index contributed by atoms with van der Waals surface area (Å²) in [5, 5.41) is 9.34. The van der Waals surface area contributed by atoms with Gasteiger partial charge in [0.05, 0.1) is 5.41 Å². The maximum absolute atomic E-state index is 11.3. The molecule has 1 heterocycles. The first kappa shape index (κ1) is 13.5. The molecule has 1 aliphatic heterocycles. The Morgan fingerprint density at radius 2 is 1.81 bits per heavy atom. The first-order valence-corrected chi connectivity index (χ1v) is 6.54. The predicted octanol–water partition coefficient (Wildman–Crippen LogP) is 2.75. The largest absolute Gasteiger partial charge is 0.481 e. The molecule has 16 heavy (non-hydrogen) atoms. The summed E-state index contributed by atoms with van der Waals surface area (Å²) in [6, 6.07) is 0. The highest BCUT2D eigenvalue weighted by Crippen LogP contribution is 2.26. The number of nitrogens with zero attached hydrogens (tertiary/aromatic N) is 1. The molecule has 1 saturated heterocycles. The van der Waals surface area contributed by atoms with Gasteiger partial charge in [-0.1, -0.05) is 26.2 Å². The molecule has 1 rings (SSSR count). The average Bonchev–Trinajstić information content (AvgIpc) is 2.46. The third kappa shape index (κ3) is 3.78. The van der Waals surface area contributed by atoms with E-state index in [1.54, 1.807) is 0 Å². The molecule has 3 nitrogen and oxygen atoms in total. The van der Waals surface area contributed by atoms with Crippen molar-refractivity contribution >= 4 is 5.97 Å². The second-order valence-electron chi connectivity index (χ2n) is 5.31. The lowest BCUT2D eigenvalue weighted by atomic mass is 9.85. The van der Waals surface area contributed by atoms with Crippen LogP contribution in [0.2, 0.25) is 0 Å². The molecule has 0 aromatic heterocycles. The van der Waals surface area contributed by atoms with Gasteiger partial charge in [-0.05, 0) is 39.3 Å². The Balaban J connectivity index is 2.55. The number of carboxylic acid groups (broad SMARTS) is 1. The molecule has 0 spiro atoms. The van der Waals surface area contributed by atoms with Crippen molar-refractivity contribution in [2.75, 3.05) is 19.6 Å². The number of carbonyl (C=O) groups is 1. The Kier molecular flexibility index (Phi) is 5.26. The zero-order valence-corrected chi connectivity index (χ0v) is 10.7. The number of hydrogen-bond donors (Lipinski definition) is 1. The van der Waals surface area contributed by atoms with Crippen LogP contribution in [-0.2, 0) is 4.79 Å². The quantitative estimate of drug-likeness (QED) is 0.785. The Bertz CT molecular complexity index is 222. The van der Waals surface area contributed by atoms with E-state index in [0.29, 0.717) is 0 Å². The van der Waals surface area contributed by atoms with Crippen LogP contribution in [-0.4, -0.2) is 35.6 Å². The lowest BCUT2D eigenvalue weighted by Crippen LogP contribution is -2.41. The lowest BCUT2D eigenvalue weighted by molar-refractivity contribution is -0.149. The van der Waals surface area contributed by atoms with Gasteiger partial charge in [0.2, 0.25) is 0 Å². The molecule has 0 amide bonds. The van der Waals surface area contributed by atoms with E-state index in [0.717, 1.165) is 32.5 Å². The molecule has 1 aliphatic rings. The van der Waals surface area contributed by atoms with E-state index in [1.165, 1.54) is 25.7 Å². The van der Waals surface area contributed by atoms with E-state index < -0.39 is 11.4 Å². The highest BCUT2D eigenvalue weighted by molar-refractivity contribution is 5.74. The summed E-state index contributed by atoms with van der Waals surface area (Å²) in [4.78, 5) is 13.7. The highest BCUT2D eigenvalue weighted by atomic mass is 16.4. The lowest BCUT2D eigenvalue weighted by Gasteiger charge is -2.31. The van der Waals surface area contributed by atoms with Gasteiger partial charge in [-0.3, -0.25) is 4.79 Å². The van der Waals surface area contributed by atoms with E-state index in [-0.39, 0.29) is 0 Å². The second kappa shape index (κ2) is 6.24. The Morgan fingerprint density at radius 1 is 1.25 bits per heavy atom. The van der Waals surface area contributed by atoms with E-state index in [1.807, 2.05) is 6.92 Å². The van der Waals surface area contributed by atoms with Gasteiger partial charge >= 0.3 is 5.97 Å². The van der Waals surface area contributed by atoms with Gasteiger partial charge in [-0.15, -0.1) is 0 Å².